The molecule has 0 amide bonds. The summed E-state index contributed by atoms with van der Waals surface area (Å²) in [5.74, 6) is -0.0146. The highest BCUT2D eigenvalue weighted by Crippen LogP contribution is 2.24. The van der Waals surface area contributed by atoms with Crippen molar-refractivity contribution in [2.75, 3.05) is 7.11 Å². The second-order valence-electron chi connectivity index (χ2n) is 1.92. The van der Waals surface area contributed by atoms with Gasteiger partial charge in [0, 0.05) is 11.1 Å². The molecular formula is C6H5BrN2O3. The molecule has 5 nitrogen and oxygen atoms in total. The number of nitrogens with zero attached hydrogens (tertiary/aromatic N) is 2. The summed E-state index contributed by atoms with van der Waals surface area (Å²) >= 11 is 3.00. The van der Waals surface area contributed by atoms with Crippen molar-refractivity contribution in [2.45, 2.75) is 0 Å². The quantitative estimate of drug-likeness (QED) is 0.576. The predicted octanol–water partition coefficient (Wildman–Crippen LogP) is 1.76. The maximum Gasteiger partial charge on any atom is 0.381 e. The van der Waals surface area contributed by atoms with Gasteiger partial charge >= 0.3 is 11.7 Å². The van der Waals surface area contributed by atoms with Gasteiger partial charge in [-0.05, 0) is 26.9 Å². The van der Waals surface area contributed by atoms with Crippen molar-refractivity contribution in [1.82, 2.24) is 4.98 Å². The lowest BCUT2D eigenvalue weighted by Gasteiger charge is -1.96. The maximum atomic E-state index is 10.3. The predicted molar refractivity (Wildman–Crippen MR) is 45.1 cm³/mol. The van der Waals surface area contributed by atoms with Crippen LogP contribution >= 0.6 is 15.9 Å². The van der Waals surface area contributed by atoms with Gasteiger partial charge in [0.1, 0.15) is 4.47 Å². The third kappa shape index (κ3) is 1.70. The Morgan fingerprint density at radius 1 is 1.67 bits per heavy atom. The van der Waals surface area contributed by atoms with E-state index in [1.165, 1.54) is 19.2 Å². The molecule has 0 saturated heterocycles. The highest BCUT2D eigenvalue weighted by atomic mass is 79.9. The van der Waals surface area contributed by atoms with Crippen molar-refractivity contribution < 1.29 is 9.66 Å². The van der Waals surface area contributed by atoms with Crippen LogP contribution in [0.15, 0.2) is 16.6 Å². The van der Waals surface area contributed by atoms with Crippen LogP contribution in [0.4, 0.5) is 5.82 Å². The Kier molecular flexibility index (Phi) is 2.59. The van der Waals surface area contributed by atoms with E-state index in [4.69, 9.17) is 4.74 Å². The van der Waals surface area contributed by atoms with Gasteiger partial charge in [-0.2, -0.15) is 0 Å². The SMILES string of the molecule is COc1ccc(Br)c([N+](=O)[O-])n1. The normalized spacial score (nSPS) is 9.50. The van der Waals surface area contributed by atoms with E-state index >= 15 is 0 Å². The van der Waals surface area contributed by atoms with E-state index < -0.39 is 4.92 Å². The van der Waals surface area contributed by atoms with E-state index in [-0.39, 0.29) is 11.7 Å². The number of rotatable bonds is 2. The molecule has 1 rings (SSSR count). The molecule has 0 aliphatic heterocycles. The van der Waals surface area contributed by atoms with E-state index in [0.29, 0.717) is 4.47 Å². The molecule has 0 bridgehead atoms. The maximum absolute atomic E-state index is 10.3. The van der Waals surface area contributed by atoms with Gasteiger partial charge in [-0.1, -0.05) is 0 Å². The van der Waals surface area contributed by atoms with Crippen LogP contribution in [-0.2, 0) is 0 Å². The molecule has 1 aromatic heterocycles. The average Bonchev–Trinajstić information content (AvgIpc) is 2.05. The Balaban J connectivity index is 3.17. The molecule has 6 heteroatoms. The topological polar surface area (TPSA) is 65.3 Å². The monoisotopic (exact) mass is 232 g/mol. The second kappa shape index (κ2) is 3.48. The van der Waals surface area contributed by atoms with Gasteiger partial charge in [-0.3, -0.25) is 0 Å². The third-order valence-corrected chi connectivity index (χ3v) is 1.80. The minimum absolute atomic E-state index is 0.227. The van der Waals surface area contributed by atoms with Gasteiger partial charge in [0.15, 0.2) is 0 Å². The Hall–Kier alpha value is -1.17. The lowest BCUT2D eigenvalue weighted by molar-refractivity contribution is -0.390. The number of nitro groups is 1. The first-order valence-corrected chi connectivity index (χ1v) is 3.79. The highest BCUT2D eigenvalue weighted by molar-refractivity contribution is 9.10. The van der Waals surface area contributed by atoms with E-state index in [1.54, 1.807) is 0 Å². The number of ether oxygens (including phenoxy) is 1. The first kappa shape index (κ1) is 8.92. The number of methoxy groups -OCH3 is 1. The number of halogens is 1. The van der Waals surface area contributed by atoms with Crippen LogP contribution in [0.25, 0.3) is 0 Å². The molecule has 0 N–H and O–H groups in total. The van der Waals surface area contributed by atoms with Crippen LogP contribution in [0.1, 0.15) is 0 Å². The van der Waals surface area contributed by atoms with E-state index in [2.05, 4.69) is 20.9 Å². The van der Waals surface area contributed by atoms with Gasteiger partial charge in [-0.15, -0.1) is 0 Å². The molecule has 0 spiro atoms. The molecule has 0 unspecified atom stereocenters. The van der Waals surface area contributed by atoms with Gasteiger partial charge < -0.3 is 14.9 Å². The summed E-state index contributed by atoms with van der Waals surface area (Å²) in [6.45, 7) is 0. The molecule has 0 aliphatic rings. The first-order chi connectivity index (χ1) is 5.65. The van der Waals surface area contributed by atoms with Gasteiger partial charge in [-0.25, -0.2) is 0 Å². The number of pyridine rings is 1. The van der Waals surface area contributed by atoms with E-state index in [9.17, 15) is 10.1 Å². The third-order valence-electron chi connectivity index (χ3n) is 1.18. The van der Waals surface area contributed by atoms with Crippen LogP contribution in [0, 0.1) is 10.1 Å². The molecule has 0 fully saturated rings. The van der Waals surface area contributed by atoms with Crippen molar-refractivity contribution >= 4 is 21.7 Å². The molecule has 0 saturated carbocycles. The van der Waals surface area contributed by atoms with Crippen LogP contribution in [0.2, 0.25) is 0 Å². The van der Waals surface area contributed by atoms with Gasteiger partial charge in [0.2, 0.25) is 0 Å². The average molecular weight is 233 g/mol. The fourth-order valence-electron chi connectivity index (χ4n) is 0.656. The van der Waals surface area contributed by atoms with Crippen LogP contribution in [-0.4, -0.2) is 17.0 Å². The Bertz CT molecular complexity index is 316. The smallest absolute Gasteiger partial charge is 0.381 e. The summed E-state index contributed by atoms with van der Waals surface area (Å²) in [5, 5.41) is 10.3. The summed E-state index contributed by atoms with van der Waals surface area (Å²) < 4.78 is 5.06. The highest BCUT2D eigenvalue weighted by Gasteiger charge is 2.15. The zero-order valence-electron chi connectivity index (χ0n) is 6.15. The fourth-order valence-corrected chi connectivity index (χ4v) is 1.02. The lowest BCUT2D eigenvalue weighted by Crippen LogP contribution is -1.95. The van der Waals surface area contributed by atoms with Crippen molar-refractivity contribution in [2.24, 2.45) is 0 Å². The van der Waals surface area contributed by atoms with Crippen LogP contribution in [0.5, 0.6) is 5.88 Å². The summed E-state index contributed by atoms with van der Waals surface area (Å²) in [7, 11) is 1.40. The van der Waals surface area contributed by atoms with Crippen LogP contribution < -0.4 is 4.74 Å². The fraction of sp³-hybridized carbons (Fsp3) is 0.167. The van der Waals surface area contributed by atoms with E-state index in [0.717, 1.165) is 0 Å². The standard InChI is InChI=1S/C6H5BrN2O3/c1-12-5-3-2-4(7)6(8-5)9(10)11/h2-3H,1H3. The Morgan fingerprint density at radius 3 is 2.83 bits per heavy atom. The van der Waals surface area contributed by atoms with E-state index in [1.807, 2.05) is 0 Å². The first-order valence-electron chi connectivity index (χ1n) is 3.00. The molecule has 1 aromatic rings. The number of hydrogen-bond acceptors (Lipinski definition) is 4. The van der Waals surface area contributed by atoms with Crippen molar-refractivity contribution in [3.8, 4) is 5.88 Å². The molecule has 0 radical (unpaired) electrons. The van der Waals surface area contributed by atoms with Gasteiger partial charge in [0.05, 0.1) is 7.11 Å². The molecule has 12 heavy (non-hydrogen) atoms. The summed E-state index contributed by atoms with van der Waals surface area (Å²) in [6.07, 6.45) is 0. The lowest BCUT2D eigenvalue weighted by atomic mass is 10.4. The summed E-state index contributed by atoms with van der Waals surface area (Å²) in [6, 6.07) is 3.06. The van der Waals surface area contributed by atoms with Crippen molar-refractivity contribution in [3.63, 3.8) is 0 Å². The number of aromatic nitrogens is 1. The second-order valence-corrected chi connectivity index (χ2v) is 2.77. The Labute approximate surface area is 76.7 Å². The Morgan fingerprint density at radius 2 is 2.33 bits per heavy atom. The largest absolute Gasteiger partial charge is 0.463 e. The molecule has 1 heterocycles. The molecule has 0 aromatic carbocycles. The number of hydrogen-bond donors (Lipinski definition) is 0. The molecule has 64 valence electrons. The minimum Gasteiger partial charge on any atom is -0.463 e. The minimum atomic E-state index is -0.577. The zero-order valence-corrected chi connectivity index (χ0v) is 7.74. The van der Waals surface area contributed by atoms with Crippen LogP contribution in [0.3, 0.4) is 0 Å². The molecular weight excluding hydrogens is 228 g/mol. The van der Waals surface area contributed by atoms with Crippen molar-refractivity contribution in [3.05, 3.63) is 26.7 Å². The van der Waals surface area contributed by atoms with Crippen molar-refractivity contribution in [1.29, 1.82) is 0 Å². The summed E-state index contributed by atoms with van der Waals surface area (Å²) in [5.41, 5.74) is 0. The zero-order chi connectivity index (χ0) is 9.14. The summed E-state index contributed by atoms with van der Waals surface area (Å²) in [4.78, 5) is 13.4. The molecule has 0 atom stereocenters. The van der Waals surface area contributed by atoms with Gasteiger partial charge in [0.25, 0.3) is 0 Å². The molecule has 0 aliphatic carbocycles.